The van der Waals surface area contributed by atoms with Crippen molar-refractivity contribution in [3.8, 4) is 0 Å². The van der Waals surface area contributed by atoms with E-state index in [1.54, 1.807) is 0 Å². The predicted octanol–water partition coefficient (Wildman–Crippen LogP) is 2.25. The fraction of sp³-hybridized carbons (Fsp3) is 0.467. The van der Waals surface area contributed by atoms with E-state index < -0.39 is 0 Å². The average Bonchev–Trinajstić information content (AvgIpc) is 2.67. The molecule has 0 spiro atoms. The quantitative estimate of drug-likeness (QED) is 0.782. The molecule has 1 aliphatic rings. The molecule has 1 aromatic rings. The molecule has 0 unspecified atom stereocenters. The Morgan fingerprint density at radius 2 is 1.75 bits per heavy atom. The molecular weight excluding hydrogens is 272 g/mol. The Morgan fingerprint density at radius 3 is 2.35 bits per heavy atom. The van der Waals surface area contributed by atoms with Crippen molar-refractivity contribution in [1.29, 1.82) is 0 Å². The highest BCUT2D eigenvalue weighted by Gasteiger charge is 2.16. The van der Waals surface area contributed by atoms with Gasteiger partial charge in [-0.25, -0.2) is 0 Å². The fourth-order valence-corrected chi connectivity index (χ4v) is 1.98. The molecule has 1 aromatic carbocycles. The molecule has 20 heavy (non-hydrogen) atoms. The molecule has 112 valence electrons. The lowest BCUT2D eigenvalue weighted by molar-refractivity contribution is -0.114. The van der Waals surface area contributed by atoms with Crippen LogP contribution in [0.5, 0.6) is 0 Å². The smallest absolute Gasteiger partial charge is 0.253 e. The fourth-order valence-electron chi connectivity index (χ4n) is 1.84. The first-order chi connectivity index (χ1) is 9.50. The van der Waals surface area contributed by atoms with Crippen LogP contribution in [-0.2, 0) is 4.79 Å². The maximum Gasteiger partial charge on any atom is 0.253 e. The van der Waals surface area contributed by atoms with Crippen molar-refractivity contribution in [3.63, 3.8) is 0 Å². The van der Waals surface area contributed by atoms with Crippen molar-refractivity contribution in [2.45, 2.75) is 25.2 Å². The van der Waals surface area contributed by atoms with Crippen LogP contribution in [0.2, 0.25) is 0 Å². The van der Waals surface area contributed by atoms with E-state index in [1.807, 2.05) is 29.2 Å². The number of rotatable bonds is 1. The van der Waals surface area contributed by atoms with Gasteiger partial charge in [0, 0.05) is 31.5 Å². The Kier molecular flexibility index (Phi) is 7.33. The van der Waals surface area contributed by atoms with E-state index in [4.69, 9.17) is 0 Å². The zero-order chi connectivity index (χ0) is 15.0. The Balaban J connectivity index is 0.000000715. The van der Waals surface area contributed by atoms with Crippen LogP contribution in [0.3, 0.4) is 0 Å². The number of ketones is 1. The number of amides is 1. The molecular formula is C15H24N2O2S. The summed E-state index contributed by atoms with van der Waals surface area (Å²) in [6.45, 7) is 6.58. The molecule has 1 heterocycles. The molecule has 1 amide bonds. The maximum atomic E-state index is 12.1. The van der Waals surface area contributed by atoms with E-state index in [-0.39, 0.29) is 13.1 Å². The third kappa shape index (κ3) is 6.21. The maximum absolute atomic E-state index is 12.1. The summed E-state index contributed by atoms with van der Waals surface area (Å²) in [5.74, 6) is 0.289. The van der Waals surface area contributed by atoms with Gasteiger partial charge in [0.2, 0.25) is 0 Å². The van der Waals surface area contributed by atoms with Crippen molar-refractivity contribution in [2.24, 2.45) is 0 Å². The third-order valence-electron chi connectivity index (χ3n) is 2.74. The van der Waals surface area contributed by atoms with Crippen molar-refractivity contribution in [3.05, 3.63) is 29.8 Å². The zero-order valence-electron chi connectivity index (χ0n) is 12.1. The molecule has 1 saturated heterocycles. The molecule has 0 atom stereocenters. The van der Waals surface area contributed by atoms with Gasteiger partial charge in [-0.2, -0.15) is 0 Å². The number of carbonyl (C=O) groups excluding carboxylic acids is 2. The molecule has 2 rings (SSSR count). The van der Waals surface area contributed by atoms with Crippen LogP contribution >= 0.6 is 12.6 Å². The van der Waals surface area contributed by atoms with E-state index in [0.717, 1.165) is 43.1 Å². The summed E-state index contributed by atoms with van der Waals surface area (Å²) < 4.78 is 0. The second-order valence-corrected chi connectivity index (χ2v) is 5.37. The molecule has 0 aromatic heterocycles. The Morgan fingerprint density at radius 1 is 1.15 bits per heavy atom. The van der Waals surface area contributed by atoms with Gasteiger partial charge >= 0.3 is 0 Å². The van der Waals surface area contributed by atoms with Gasteiger partial charge in [-0.15, -0.1) is 12.6 Å². The van der Waals surface area contributed by atoms with Gasteiger partial charge in [-0.05, 0) is 51.1 Å². The number of nitrogens with zero attached hydrogens (tertiary/aromatic N) is 1. The van der Waals surface area contributed by atoms with E-state index in [1.165, 1.54) is 13.8 Å². The standard InChI is InChI=1S/C12H16N2OS.C3H6O.H2/c15-12(10-2-4-11(16)5-3-10)14-8-1-6-13-7-9-14;1-3(2)4;/h2-5,13,16H,1,6-9H2;1-2H3;1H. The molecule has 0 aliphatic carbocycles. The van der Waals surface area contributed by atoms with Crippen LogP contribution in [0.15, 0.2) is 29.2 Å². The SMILES string of the molecule is CC(C)=O.O=C(c1ccc(S)cc1)N1CCCNCC1.[HH]. The number of benzene rings is 1. The number of nitrogens with one attached hydrogen (secondary N) is 1. The summed E-state index contributed by atoms with van der Waals surface area (Å²) in [5, 5.41) is 3.29. The summed E-state index contributed by atoms with van der Waals surface area (Å²) in [5.41, 5.74) is 0.750. The molecule has 5 heteroatoms. The second kappa shape index (κ2) is 8.76. The number of carbonyl (C=O) groups is 2. The molecule has 1 aliphatic heterocycles. The van der Waals surface area contributed by atoms with Crippen LogP contribution in [0.25, 0.3) is 0 Å². The summed E-state index contributed by atoms with van der Waals surface area (Å²) in [4.78, 5) is 24.4. The highest BCUT2D eigenvalue weighted by Crippen LogP contribution is 2.11. The Bertz CT molecular complexity index is 439. The summed E-state index contributed by atoms with van der Waals surface area (Å²) in [6, 6.07) is 7.38. The van der Waals surface area contributed by atoms with Crippen molar-refractivity contribution in [2.75, 3.05) is 26.2 Å². The highest BCUT2D eigenvalue weighted by molar-refractivity contribution is 7.80. The molecule has 1 N–H and O–H groups in total. The van der Waals surface area contributed by atoms with Crippen LogP contribution in [0, 0.1) is 0 Å². The lowest BCUT2D eigenvalue weighted by Gasteiger charge is -2.19. The lowest BCUT2D eigenvalue weighted by atomic mass is 10.2. The summed E-state index contributed by atoms with van der Waals surface area (Å²) >= 11 is 4.21. The zero-order valence-corrected chi connectivity index (χ0v) is 13.0. The van der Waals surface area contributed by atoms with E-state index in [9.17, 15) is 9.59 Å². The number of hydrogen-bond acceptors (Lipinski definition) is 4. The van der Waals surface area contributed by atoms with Crippen LogP contribution < -0.4 is 5.32 Å². The van der Waals surface area contributed by atoms with Gasteiger partial charge < -0.3 is 15.0 Å². The van der Waals surface area contributed by atoms with Gasteiger partial charge in [0.15, 0.2) is 0 Å². The minimum atomic E-state index is 0. The number of thiol groups is 1. The normalized spacial score (nSPS) is 14.8. The predicted molar refractivity (Wildman–Crippen MR) is 85.6 cm³/mol. The first-order valence-electron chi connectivity index (χ1n) is 6.77. The van der Waals surface area contributed by atoms with Crippen LogP contribution in [0.1, 0.15) is 32.1 Å². The van der Waals surface area contributed by atoms with Crippen molar-refractivity contribution >= 4 is 24.3 Å². The minimum absolute atomic E-state index is 0. The Hall–Kier alpha value is -1.33. The summed E-state index contributed by atoms with van der Waals surface area (Å²) in [6.07, 6.45) is 1.02. The van der Waals surface area contributed by atoms with Crippen LogP contribution in [-0.4, -0.2) is 42.8 Å². The van der Waals surface area contributed by atoms with E-state index in [0.29, 0.717) is 0 Å². The van der Waals surface area contributed by atoms with Gasteiger partial charge in [0.25, 0.3) is 5.91 Å². The first kappa shape index (κ1) is 16.7. The van der Waals surface area contributed by atoms with E-state index in [2.05, 4.69) is 17.9 Å². The average molecular weight is 296 g/mol. The second-order valence-electron chi connectivity index (χ2n) is 4.85. The van der Waals surface area contributed by atoms with Gasteiger partial charge in [-0.1, -0.05) is 0 Å². The number of hydrogen-bond donors (Lipinski definition) is 2. The first-order valence-corrected chi connectivity index (χ1v) is 7.21. The molecule has 0 radical (unpaired) electrons. The van der Waals surface area contributed by atoms with Crippen molar-refractivity contribution < 1.29 is 11.0 Å². The van der Waals surface area contributed by atoms with E-state index >= 15 is 0 Å². The highest BCUT2D eigenvalue weighted by atomic mass is 32.1. The molecule has 1 fully saturated rings. The molecule has 0 saturated carbocycles. The van der Waals surface area contributed by atoms with Crippen molar-refractivity contribution in [1.82, 2.24) is 10.2 Å². The molecule has 4 nitrogen and oxygen atoms in total. The third-order valence-corrected chi connectivity index (χ3v) is 3.04. The lowest BCUT2D eigenvalue weighted by Crippen LogP contribution is -2.34. The van der Waals surface area contributed by atoms with Gasteiger partial charge in [0.1, 0.15) is 5.78 Å². The summed E-state index contributed by atoms with van der Waals surface area (Å²) in [7, 11) is 0. The monoisotopic (exact) mass is 296 g/mol. The topological polar surface area (TPSA) is 49.4 Å². The van der Waals surface area contributed by atoms with Gasteiger partial charge in [-0.3, -0.25) is 4.79 Å². The Labute approximate surface area is 127 Å². The minimum Gasteiger partial charge on any atom is -0.337 e. The molecule has 0 bridgehead atoms. The number of Topliss-reactive ketones (excluding diaryl/α,β-unsaturated/α-hetero) is 1. The van der Waals surface area contributed by atoms with Crippen LogP contribution in [0.4, 0.5) is 0 Å². The van der Waals surface area contributed by atoms with Gasteiger partial charge in [0.05, 0.1) is 0 Å². The largest absolute Gasteiger partial charge is 0.337 e.